The average Bonchev–Trinajstić information content (AvgIpc) is 2.19. The quantitative estimate of drug-likeness (QED) is 0.474. The maximum absolute atomic E-state index is 5.38. The lowest BCUT2D eigenvalue weighted by molar-refractivity contribution is 0.142. The highest BCUT2D eigenvalue weighted by Crippen LogP contribution is 1.93. The standard InChI is InChI=1S/C12H23NO/c1-4-6-8-10-13-12(3)14-11-9-7-5-2/h8-13H,4-7H2,1-3H3. The van der Waals surface area contributed by atoms with Crippen LogP contribution in [0.5, 0.6) is 0 Å². The van der Waals surface area contributed by atoms with Crippen LogP contribution in [-0.2, 0) is 4.74 Å². The van der Waals surface area contributed by atoms with Crippen molar-refractivity contribution in [1.29, 1.82) is 0 Å². The van der Waals surface area contributed by atoms with Gasteiger partial charge in [-0.3, -0.25) is 0 Å². The Morgan fingerprint density at radius 1 is 1.14 bits per heavy atom. The molecule has 0 bridgehead atoms. The molecule has 0 fully saturated rings. The van der Waals surface area contributed by atoms with Gasteiger partial charge in [0.05, 0.1) is 6.26 Å². The molecule has 1 N–H and O–H groups in total. The number of rotatable bonds is 8. The topological polar surface area (TPSA) is 21.3 Å². The Kier molecular flexibility index (Phi) is 9.49. The first kappa shape index (κ1) is 13.1. The molecular formula is C12H23NO. The van der Waals surface area contributed by atoms with Crippen molar-refractivity contribution < 1.29 is 4.74 Å². The van der Waals surface area contributed by atoms with Crippen molar-refractivity contribution >= 4 is 0 Å². The highest BCUT2D eigenvalue weighted by Gasteiger charge is 1.92. The molecule has 0 aliphatic rings. The third-order valence-electron chi connectivity index (χ3n) is 1.74. The molecule has 0 aliphatic carbocycles. The molecule has 0 aromatic heterocycles. The van der Waals surface area contributed by atoms with Gasteiger partial charge in [0, 0.05) is 0 Å². The average molecular weight is 197 g/mol. The molecule has 0 saturated carbocycles. The fourth-order valence-corrected chi connectivity index (χ4v) is 0.901. The van der Waals surface area contributed by atoms with Crippen LogP contribution in [0, 0.1) is 0 Å². The first-order valence-electron chi connectivity index (χ1n) is 5.52. The van der Waals surface area contributed by atoms with E-state index in [1.165, 1.54) is 6.42 Å². The zero-order valence-electron chi connectivity index (χ0n) is 9.62. The number of hydrogen-bond acceptors (Lipinski definition) is 2. The summed E-state index contributed by atoms with van der Waals surface area (Å²) in [5.41, 5.74) is 0. The summed E-state index contributed by atoms with van der Waals surface area (Å²) in [6.45, 7) is 6.31. The maximum atomic E-state index is 5.38. The molecule has 0 spiro atoms. The molecule has 82 valence electrons. The van der Waals surface area contributed by atoms with E-state index in [0.29, 0.717) is 0 Å². The molecule has 0 saturated heterocycles. The van der Waals surface area contributed by atoms with Crippen LogP contribution in [0.4, 0.5) is 0 Å². The lowest BCUT2D eigenvalue weighted by atomic mass is 10.3. The number of nitrogens with one attached hydrogen (secondary N) is 1. The monoisotopic (exact) mass is 197 g/mol. The van der Waals surface area contributed by atoms with Gasteiger partial charge in [0.25, 0.3) is 0 Å². The van der Waals surface area contributed by atoms with E-state index in [1.807, 2.05) is 19.2 Å². The van der Waals surface area contributed by atoms with E-state index in [0.717, 1.165) is 19.3 Å². The first-order chi connectivity index (χ1) is 6.81. The van der Waals surface area contributed by atoms with Crippen LogP contribution in [0.25, 0.3) is 0 Å². The van der Waals surface area contributed by atoms with Crippen molar-refractivity contribution in [2.24, 2.45) is 0 Å². The van der Waals surface area contributed by atoms with Gasteiger partial charge in [0.2, 0.25) is 0 Å². The van der Waals surface area contributed by atoms with Gasteiger partial charge in [0.1, 0.15) is 0 Å². The summed E-state index contributed by atoms with van der Waals surface area (Å²) < 4.78 is 5.38. The molecule has 0 radical (unpaired) electrons. The Hall–Kier alpha value is -0.920. The summed E-state index contributed by atoms with van der Waals surface area (Å²) in [6.07, 6.45) is 12.5. The Labute approximate surface area is 88.0 Å². The minimum Gasteiger partial charge on any atom is -0.479 e. The van der Waals surface area contributed by atoms with Gasteiger partial charge in [-0.1, -0.05) is 32.8 Å². The Balaban J connectivity index is 3.40. The van der Waals surface area contributed by atoms with Crippen molar-refractivity contribution in [3.63, 3.8) is 0 Å². The molecule has 0 aromatic carbocycles. The summed E-state index contributed by atoms with van der Waals surface area (Å²) in [4.78, 5) is 0. The molecule has 1 unspecified atom stereocenters. The molecule has 0 aromatic rings. The second-order valence-electron chi connectivity index (χ2n) is 3.30. The summed E-state index contributed by atoms with van der Waals surface area (Å²) in [6, 6.07) is 0. The second kappa shape index (κ2) is 10.2. The Morgan fingerprint density at radius 2 is 1.79 bits per heavy atom. The molecule has 1 atom stereocenters. The summed E-state index contributed by atoms with van der Waals surface area (Å²) in [5.74, 6) is 0. The highest BCUT2D eigenvalue weighted by atomic mass is 16.5. The molecule has 0 heterocycles. The third-order valence-corrected chi connectivity index (χ3v) is 1.74. The maximum Gasteiger partial charge on any atom is 0.165 e. The minimum absolute atomic E-state index is 0.0520. The van der Waals surface area contributed by atoms with Gasteiger partial charge in [-0.25, -0.2) is 0 Å². The van der Waals surface area contributed by atoms with E-state index in [1.54, 1.807) is 6.26 Å². The van der Waals surface area contributed by atoms with Crippen LogP contribution in [-0.4, -0.2) is 6.23 Å². The number of allylic oxidation sites excluding steroid dienone is 2. The zero-order chi connectivity index (χ0) is 10.6. The molecule has 2 heteroatoms. The third kappa shape index (κ3) is 9.17. The SMILES string of the molecule is CCCC=CNC(C)OC=CCCC. The molecular weight excluding hydrogens is 174 g/mol. The number of ether oxygens (including phenoxy) is 1. The fraction of sp³-hybridized carbons (Fsp3) is 0.667. The summed E-state index contributed by atoms with van der Waals surface area (Å²) in [5, 5.41) is 3.14. The van der Waals surface area contributed by atoms with Crippen LogP contribution in [0.15, 0.2) is 24.6 Å². The number of hydrogen-bond donors (Lipinski definition) is 1. The highest BCUT2D eigenvalue weighted by molar-refractivity contribution is 4.80. The van der Waals surface area contributed by atoms with Gasteiger partial charge in [-0.15, -0.1) is 0 Å². The Morgan fingerprint density at radius 3 is 2.43 bits per heavy atom. The zero-order valence-corrected chi connectivity index (χ0v) is 9.62. The minimum atomic E-state index is 0.0520. The van der Waals surface area contributed by atoms with Crippen LogP contribution in [0.1, 0.15) is 46.5 Å². The summed E-state index contributed by atoms with van der Waals surface area (Å²) >= 11 is 0. The van der Waals surface area contributed by atoms with Gasteiger partial charge in [-0.2, -0.15) is 0 Å². The predicted molar refractivity (Wildman–Crippen MR) is 61.8 cm³/mol. The summed E-state index contributed by atoms with van der Waals surface area (Å²) in [7, 11) is 0. The van der Waals surface area contributed by atoms with Crippen molar-refractivity contribution in [3.8, 4) is 0 Å². The van der Waals surface area contributed by atoms with Crippen LogP contribution in [0.2, 0.25) is 0 Å². The first-order valence-corrected chi connectivity index (χ1v) is 5.52. The van der Waals surface area contributed by atoms with E-state index < -0.39 is 0 Å². The lowest BCUT2D eigenvalue weighted by Gasteiger charge is -2.10. The number of unbranched alkanes of at least 4 members (excludes halogenated alkanes) is 2. The molecule has 2 nitrogen and oxygen atoms in total. The van der Waals surface area contributed by atoms with Crippen molar-refractivity contribution in [3.05, 3.63) is 24.6 Å². The van der Waals surface area contributed by atoms with Crippen LogP contribution < -0.4 is 5.32 Å². The fourth-order valence-electron chi connectivity index (χ4n) is 0.901. The van der Waals surface area contributed by atoms with Crippen LogP contribution >= 0.6 is 0 Å². The van der Waals surface area contributed by atoms with Gasteiger partial charge < -0.3 is 10.1 Å². The molecule has 14 heavy (non-hydrogen) atoms. The van der Waals surface area contributed by atoms with E-state index >= 15 is 0 Å². The van der Waals surface area contributed by atoms with E-state index in [2.05, 4.69) is 25.2 Å². The smallest absolute Gasteiger partial charge is 0.165 e. The van der Waals surface area contributed by atoms with Crippen molar-refractivity contribution in [1.82, 2.24) is 5.32 Å². The van der Waals surface area contributed by atoms with Gasteiger partial charge in [0.15, 0.2) is 6.23 Å². The molecule has 0 amide bonds. The predicted octanol–water partition coefficient (Wildman–Crippen LogP) is 3.57. The Bertz CT molecular complexity index is 146. The van der Waals surface area contributed by atoms with Gasteiger partial charge in [-0.05, 0) is 32.0 Å². The second-order valence-corrected chi connectivity index (χ2v) is 3.30. The van der Waals surface area contributed by atoms with Crippen molar-refractivity contribution in [2.45, 2.75) is 52.7 Å². The van der Waals surface area contributed by atoms with Gasteiger partial charge >= 0.3 is 0 Å². The molecule has 0 rings (SSSR count). The van der Waals surface area contributed by atoms with E-state index in [4.69, 9.17) is 4.74 Å². The normalized spacial score (nSPS) is 13.6. The van der Waals surface area contributed by atoms with Crippen molar-refractivity contribution in [2.75, 3.05) is 0 Å². The van der Waals surface area contributed by atoms with E-state index in [9.17, 15) is 0 Å². The van der Waals surface area contributed by atoms with Crippen LogP contribution in [0.3, 0.4) is 0 Å². The lowest BCUT2D eigenvalue weighted by Crippen LogP contribution is -2.21. The largest absolute Gasteiger partial charge is 0.479 e. The van der Waals surface area contributed by atoms with E-state index in [-0.39, 0.29) is 6.23 Å². The molecule has 0 aliphatic heterocycles.